The van der Waals surface area contributed by atoms with Crippen LogP contribution in [-0.4, -0.2) is 50.6 Å². The normalized spacial score (nSPS) is 17.5. The van der Waals surface area contributed by atoms with Crippen LogP contribution in [0.3, 0.4) is 0 Å². The van der Waals surface area contributed by atoms with Crippen LogP contribution in [0.4, 0.5) is 0 Å². The average molecular weight is 390 g/mol. The number of aromatic nitrogens is 5. The maximum absolute atomic E-state index is 5.33. The van der Waals surface area contributed by atoms with Gasteiger partial charge in [0.05, 0.1) is 6.54 Å². The number of nitrogens with zero attached hydrogens (tertiary/aromatic N) is 6. The molecule has 0 amide bonds. The Kier molecular flexibility index (Phi) is 6.28. The Bertz CT molecular complexity index is 805. The number of ether oxygens (including phenoxy) is 1. The van der Waals surface area contributed by atoms with E-state index in [1.54, 1.807) is 7.11 Å². The lowest BCUT2D eigenvalue weighted by Crippen LogP contribution is -2.47. The SMILES string of the molecule is CCNC(=NCc1noc(C(C)(C)C)n1)NC1CCc2nc(COC)nn2C1. The second-order valence-corrected chi connectivity index (χ2v) is 7.90. The minimum atomic E-state index is -0.170. The molecule has 0 radical (unpaired) electrons. The summed E-state index contributed by atoms with van der Waals surface area (Å²) in [5.41, 5.74) is -0.170. The molecular formula is C18H30N8O2. The van der Waals surface area contributed by atoms with Crippen LogP contribution in [0.1, 0.15) is 57.5 Å². The van der Waals surface area contributed by atoms with Gasteiger partial charge >= 0.3 is 0 Å². The summed E-state index contributed by atoms with van der Waals surface area (Å²) in [5.74, 6) is 3.66. The first-order valence-corrected chi connectivity index (χ1v) is 9.68. The van der Waals surface area contributed by atoms with Gasteiger partial charge in [-0.05, 0) is 13.3 Å². The van der Waals surface area contributed by atoms with Crippen molar-refractivity contribution in [2.75, 3.05) is 13.7 Å². The summed E-state index contributed by atoms with van der Waals surface area (Å²) >= 11 is 0. The van der Waals surface area contributed by atoms with Crippen molar-refractivity contribution in [3.05, 3.63) is 23.4 Å². The average Bonchev–Trinajstić information content (AvgIpc) is 3.26. The number of fused-ring (bicyclic) bond motifs is 1. The van der Waals surface area contributed by atoms with Crippen LogP contribution in [0.5, 0.6) is 0 Å². The van der Waals surface area contributed by atoms with Gasteiger partial charge in [0, 0.05) is 31.5 Å². The molecule has 0 aromatic carbocycles. The number of aliphatic imine (C=N–C) groups is 1. The van der Waals surface area contributed by atoms with Crippen molar-refractivity contribution in [1.82, 2.24) is 35.5 Å². The highest BCUT2D eigenvalue weighted by Crippen LogP contribution is 2.19. The van der Waals surface area contributed by atoms with E-state index in [0.717, 1.165) is 43.5 Å². The minimum absolute atomic E-state index is 0.170. The fraction of sp³-hybridized carbons (Fsp3) is 0.722. The summed E-state index contributed by atoms with van der Waals surface area (Å²) in [6.45, 7) is 10.5. The van der Waals surface area contributed by atoms with Gasteiger partial charge in [-0.25, -0.2) is 14.7 Å². The van der Waals surface area contributed by atoms with E-state index in [9.17, 15) is 0 Å². The summed E-state index contributed by atoms with van der Waals surface area (Å²) in [4.78, 5) is 13.6. The third-order valence-corrected chi connectivity index (χ3v) is 4.35. The Morgan fingerprint density at radius 1 is 1.32 bits per heavy atom. The third-order valence-electron chi connectivity index (χ3n) is 4.35. The molecule has 0 saturated heterocycles. The molecule has 3 rings (SSSR count). The van der Waals surface area contributed by atoms with Crippen LogP contribution in [0.15, 0.2) is 9.52 Å². The minimum Gasteiger partial charge on any atom is -0.377 e. The lowest BCUT2D eigenvalue weighted by atomic mass is 9.97. The molecule has 1 aliphatic heterocycles. The highest BCUT2D eigenvalue weighted by atomic mass is 16.5. The first-order valence-electron chi connectivity index (χ1n) is 9.68. The summed E-state index contributed by atoms with van der Waals surface area (Å²) in [5, 5.41) is 15.3. The van der Waals surface area contributed by atoms with Crippen molar-refractivity contribution in [3.8, 4) is 0 Å². The van der Waals surface area contributed by atoms with Crippen molar-refractivity contribution in [2.45, 2.75) is 71.7 Å². The molecule has 10 heteroatoms. The van der Waals surface area contributed by atoms with Crippen molar-refractivity contribution < 1.29 is 9.26 Å². The standard InChI is InChI=1S/C18H30N8O2/c1-6-19-17(20-9-13-23-16(28-25-13)18(2,3)4)21-12-7-8-15-22-14(11-27-5)24-26(15)10-12/h12H,6-11H2,1-5H3,(H2,19,20,21). The zero-order valence-corrected chi connectivity index (χ0v) is 17.3. The second kappa shape index (κ2) is 8.68. The van der Waals surface area contributed by atoms with Gasteiger partial charge in [-0.15, -0.1) is 0 Å². The fourth-order valence-corrected chi connectivity index (χ4v) is 2.95. The number of rotatable bonds is 6. The van der Waals surface area contributed by atoms with Crippen LogP contribution in [0.25, 0.3) is 0 Å². The molecule has 1 aliphatic rings. The third kappa shape index (κ3) is 5.06. The maximum Gasteiger partial charge on any atom is 0.232 e. The van der Waals surface area contributed by atoms with Crippen LogP contribution >= 0.6 is 0 Å². The van der Waals surface area contributed by atoms with Gasteiger partial charge in [-0.2, -0.15) is 10.1 Å². The highest BCUT2D eigenvalue weighted by Gasteiger charge is 2.23. The molecule has 3 heterocycles. The quantitative estimate of drug-likeness (QED) is 0.558. The van der Waals surface area contributed by atoms with Crippen molar-refractivity contribution in [1.29, 1.82) is 0 Å². The number of hydrogen-bond donors (Lipinski definition) is 2. The van der Waals surface area contributed by atoms with Crippen LogP contribution in [-0.2, 0) is 36.3 Å². The molecule has 28 heavy (non-hydrogen) atoms. The smallest absolute Gasteiger partial charge is 0.232 e. The van der Waals surface area contributed by atoms with E-state index in [4.69, 9.17) is 9.26 Å². The van der Waals surface area contributed by atoms with E-state index in [-0.39, 0.29) is 11.5 Å². The molecule has 10 nitrogen and oxygen atoms in total. The van der Waals surface area contributed by atoms with Crippen molar-refractivity contribution in [2.24, 2.45) is 4.99 Å². The van der Waals surface area contributed by atoms with E-state index in [0.29, 0.717) is 24.9 Å². The lowest BCUT2D eigenvalue weighted by Gasteiger charge is -2.25. The molecule has 0 fully saturated rings. The predicted octanol–water partition coefficient (Wildman–Crippen LogP) is 1.18. The van der Waals surface area contributed by atoms with Crippen molar-refractivity contribution in [3.63, 3.8) is 0 Å². The van der Waals surface area contributed by atoms with Gasteiger partial charge in [0.1, 0.15) is 19.0 Å². The Balaban J connectivity index is 1.62. The van der Waals surface area contributed by atoms with Gasteiger partial charge in [0.15, 0.2) is 17.6 Å². The number of guanidine groups is 1. The molecule has 2 aromatic rings. The molecule has 0 bridgehead atoms. The first-order chi connectivity index (χ1) is 13.4. The van der Waals surface area contributed by atoms with Gasteiger partial charge in [0.2, 0.25) is 5.89 Å². The Morgan fingerprint density at radius 2 is 2.14 bits per heavy atom. The van der Waals surface area contributed by atoms with Gasteiger partial charge in [-0.1, -0.05) is 25.9 Å². The monoisotopic (exact) mass is 390 g/mol. The first kappa shape index (κ1) is 20.2. The maximum atomic E-state index is 5.33. The van der Waals surface area contributed by atoms with E-state index in [1.807, 2.05) is 32.4 Å². The van der Waals surface area contributed by atoms with E-state index in [1.165, 1.54) is 0 Å². The molecule has 1 unspecified atom stereocenters. The second-order valence-electron chi connectivity index (χ2n) is 7.90. The molecule has 0 aliphatic carbocycles. The number of nitrogens with one attached hydrogen (secondary N) is 2. The summed E-state index contributed by atoms with van der Waals surface area (Å²) < 4.78 is 12.4. The van der Waals surface area contributed by atoms with Crippen LogP contribution < -0.4 is 10.6 Å². The molecule has 1 atom stereocenters. The van der Waals surface area contributed by atoms with Gasteiger partial charge < -0.3 is 19.9 Å². The summed E-state index contributed by atoms with van der Waals surface area (Å²) in [7, 11) is 1.65. The van der Waals surface area contributed by atoms with E-state index in [2.05, 4.69) is 35.8 Å². The Morgan fingerprint density at radius 3 is 2.82 bits per heavy atom. The lowest BCUT2D eigenvalue weighted by molar-refractivity contribution is 0.177. The van der Waals surface area contributed by atoms with E-state index >= 15 is 0 Å². The Hall–Kier alpha value is -2.49. The molecule has 154 valence electrons. The van der Waals surface area contributed by atoms with Crippen LogP contribution in [0.2, 0.25) is 0 Å². The largest absolute Gasteiger partial charge is 0.377 e. The zero-order chi connectivity index (χ0) is 20.1. The summed E-state index contributed by atoms with van der Waals surface area (Å²) in [6, 6.07) is 0.220. The topological polar surface area (TPSA) is 115 Å². The zero-order valence-electron chi connectivity index (χ0n) is 17.3. The molecule has 2 aromatic heterocycles. The predicted molar refractivity (Wildman–Crippen MR) is 104 cm³/mol. The number of methoxy groups -OCH3 is 1. The molecule has 0 spiro atoms. The highest BCUT2D eigenvalue weighted by molar-refractivity contribution is 5.80. The fourth-order valence-electron chi connectivity index (χ4n) is 2.95. The number of aryl methyl sites for hydroxylation is 1. The summed E-state index contributed by atoms with van der Waals surface area (Å²) in [6.07, 6.45) is 1.83. The Labute approximate surface area is 165 Å². The molecule has 2 N–H and O–H groups in total. The van der Waals surface area contributed by atoms with Crippen molar-refractivity contribution >= 4 is 5.96 Å². The number of hydrogen-bond acceptors (Lipinski definition) is 7. The van der Waals surface area contributed by atoms with Gasteiger partial charge in [0.25, 0.3) is 0 Å². The van der Waals surface area contributed by atoms with E-state index < -0.39 is 0 Å². The van der Waals surface area contributed by atoms with Crippen LogP contribution in [0, 0.1) is 0 Å². The molecular weight excluding hydrogens is 360 g/mol. The van der Waals surface area contributed by atoms with Gasteiger partial charge in [-0.3, -0.25) is 0 Å². The molecule has 0 saturated carbocycles.